The van der Waals surface area contributed by atoms with E-state index in [1.54, 1.807) is 0 Å². The number of halogens is 1. The zero-order valence-corrected chi connectivity index (χ0v) is 28.9. The second-order valence-electron chi connectivity index (χ2n) is 14.6. The SMILES string of the molecule is C=C(NCCC1CCCN1C)c1cn(C)c2c(c1=O)=CC(F)=C(N1CCC(N3CCCCC3)CC1)C(Cc1ccc3ccccc3c1)C=2. The molecule has 0 spiro atoms. The van der Waals surface area contributed by atoms with Crippen LogP contribution < -0.4 is 21.3 Å². The first-order chi connectivity index (χ1) is 23.4. The summed E-state index contributed by atoms with van der Waals surface area (Å²) in [6, 6.07) is 16.1. The number of benzene rings is 2. The Hall–Kier alpha value is -3.68. The lowest BCUT2D eigenvalue weighted by Crippen LogP contribution is -2.47. The standard InChI is InChI=1S/C41H52FN5O/c1-29(43-18-15-34-12-9-19-44(34)2)37-28-45(3)39-26-33(25-30-13-14-31-10-5-6-11-32(31)24-30)40(38(42)27-36(39)41(37)48)47-22-16-35(17-23-47)46-20-7-4-8-21-46/h5-6,10-11,13-14,24,26-28,33-35,43H,1,4,7-9,12,15-23,25H2,2-3H3. The fourth-order valence-corrected chi connectivity index (χ4v) is 8.73. The van der Waals surface area contributed by atoms with Crippen LogP contribution >= 0.6 is 0 Å². The monoisotopic (exact) mass is 649 g/mol. The predicted molar refractivity (Wildman–Crippen MR) is 196 cm³/mol. The van der Waals surface area contributed by atoms with Gasteiger partial charge in [0.25, 0.3) is 0 Å². The summed E-state index contributed by atoms with van der Waals surface area (Å²) in [4.78, 5) is 21.5. The molecule has 1 aliphatic carbocycles. The van der Waals surface area contributed by atoms with Gasteiger partial charge in [-0.25, -0.2) is 4.39 Å². The van der Waals surface area contributed by atoms with Crippen molar-refractivity contribution >= 4 is 28.6 Å². The summed E-state index contributed by atoms with van der Waals surface area (Å²) in [5.74, 6) is -0.499. The number of nitrogens with one attached hydrogen (secondary N) is 1. The largest absolute Gasteiger partial charge is 0.385 e. The second kappa shape index (κ2) is 14.4. The zero-order chi connectivity index (χ0) is 33.2. The van der Waals surface area contributed by atoms with Crippen molar-refractivity contribution in [1.82, 2.24) is 24.6 Å². The Morgan fingerprint density at radius 3 is 2.46 bits per heavy atom. The molecule has 254 valence electrons. The molecule has 3 fully saturated rings. The van der Waals surface area contributed by atoms with Gasteiger partial charge < -0.3 is 24.6 Å². The van der Waals surface area contributed by atoms with Gasteiger partial charge in [-0.1, -0.05) is 61.5 Å². The van der Waals surface area contributed by atoms with Crippen LogP contribution in [0.25, 0.3) is 28.6 Å². The fourth-order valence-electron chi connectivity index (χ4n) is 8.73. The van der Waals surface area contributed by atoms with Crippen LogP contribution in [0.15, 0.2) is 71.6 Å². The van der Waals surface area contributed by atoms with Crippen molar-refractivity contribution in [2.45, 2.75) is 69.9 Å². The molecule has 6 nitrogen and oxygen atoms in total. The molecule has 4 aliphatic rings. The minimum Gasteiger partial charge on any atom is -0.385 e. The Balaban J connectivity index is 1.21. The quantitative estimate of drug-likeness (QED) is 0.348. The molecule has 2 aromatic carbocycles. The molecule has 3 saturated heterocycles. The summed E-state index contributed by atoms with van der Waals surface area (Å²) < 4.78 is 18.8. The average Bonchev–Trinajstić information content (AvgIpc) is 3.45. The van der Waals surface area contributed by atoms with Crippen LogP contribution in [0.3, 0.4) is 0 Å². The lowest BCUT2D eigenvalue weighted by molar-refractivity contribution is 0.101. The van der Waals surface area contributed by atoms with Crippen molar-refractivity contribution < 1.29 is 4.39 Å². The van der Waals surface area contributed by atoms with Crippen LogP contribution in [0.5, 0.6) is 0 Å². The van der Waals surface area contributed by atoms with Gasteiger partial charge >= 0.3 is 0 Å². The topological polar surface area (TPSA) is 43.8 Å². The Kier molecular flexibility index (Phi) is 9.88. The molecular formula is C41H52FN5O. The van der Waals surface area contributed by atoms with E-state index in [1.807, 2.05) is 17.8 Å². The first-order valence-corrected chi connectivity index (χ1v) is 18.3. The number of aromatic nitrogens is 1. The lowest BCUT2D eigenvalue weighted by atomic mass is 9.91. The van der Waals surface area contributed by atoms with Crippen molar-refractivity contribution in [2.75, 3.05) is 46.3 Å². The van der Waals surface area contributed by atoms with Gasteiger partial charge in [0.15, 0.2) is 5.43 Å². The van der Waals surface area contributed by atoms with Crippen molar-refractivity contribution in [3.05, 3.63) is 98.7 Å². The van der Waals surface area contributed by atoms with E-state index in [-0.39, 0.29) is 17.2 Å². The van der Waals surface area contributed by atoms with Crippen LogP contribution in [-0.4, -0.2) is 77.7 Å². The van der Waals surface area contributed by atoms with Crippen molar-refractivity contribution in [3.63, 3.8) is 0 Å². The van der Waals surface area contributed by atoms with Crippen LogP contribution in [-0.2, 0) is 13.5 Å². The van der Waals surface area contributed by atoms with E-state index in [4.69, 9.17) is 0 Å². The molecule has 1 aromatic heterocycles. The first kappa shape index (κ1) is 32.8. The number of pyridine rings is 1. The van der Waals surface area contributed by atoms with E-state index in [9.17, 15) is 4.79 Å². The van der Waals surface area contributed by atoms with E-state index in [0.717, 1.165) is 56.5 Å². The van der Waals surface area contributed by atoms with E-state index in [0.29, 0.717) is 35.0 Å². The predicted octanol–water partition coefficient (Wildman–Crippen LogP) is 5.15. The maximum atomic E-state index is 16.8. The van der Waals surface area contributed by atoms with E-state index in [2.05, 4.69) is 82.2 Å². The van der Waals surface area contributed by atoms with Crippen LogP contribution in [0, 0.1) is 5.92 Å². The number of allylic oxidation sites excluding steroid dienone is 2. The minimum absolute atomic E-state index is 0.167. The van der Waals surface area contributed by atoms with Gasteiger partial charge in [0.05, 0.1) is 11.3 Å². The van der Waals surface area contributed by atoms with Gasteiger partial charge in [0.1, 0.15) is 5.83 Å². The maximum absolute atomic E-state index is 16.8. The maximum Gasteiger partial charge on any atom is 0.198 e. The molecule has 7 heteroatoms. The van der Waals surface area contributed by atoms with Crippen LogP contribution in [0.1, 0.15) is 62.5 Å². The third-order valence-corrected chi connectivity index (χ3v) is 11.5. The van der Waals surface area contributed by atoms with Crippen molar-refractivity contribution in [2.24, 2.45) is 13.0 Å². The van der Waals surface area contributed by atoms with Gasteiger partial charge in [-0.05, 0) is 100 Å². The molecule has 48 heavy (non-hydrogen) atoms. The smallest absolute Gasteiger partial charge is 0.198 e. The molecular weight excluding hydrogens is 597 g/mol. The molecule has 0 bridgehead atoms. The molecule has 7 rings (SSSR count). The highest BCUT2D eigenvalue weighted by Gasteiger charge is 2.31. The number of piperidine rings is 2. The molecule has 0 amide bonds. The third-order valence-electron chi connectivity index (χ3n) is 11.5. The Bertz CT molecular complexity index is 1860. The highest BCUT2D eigenvalue weighted by atomic mass is 19.1. The van der Waals surface area contributed by atoms with E-state index >= 15 is 4.39 Å². The Morgan fingerprint density at radius 2 is 1.71 bits per heavy atom. The fraction of sp³-hybridized carbons (Fsp3) is 0.488. The normalized spacial score (nSPS) is 22.7. The highest BCUT2D eigenvalue weighted by molar-refractivity contribution is 5.83. The minimum atomic E-state index is -0.288. The number of aryl methyl sites for hydroxylation is 1. The molecule has 0 saturated carbocycles. The molecule has 3 aromatic rings. The van der Waals surface area contributed by atoms with Gasteiger partial charge in [-0.2, -0.15) is 0 Å². The van der Waals surface area contributed by atoms with E-state index < -0.39 is 0 Å². The number of likely N-dealkylation sites (tertiary alicyclic amines) is 3. The molecule has 0 radical (unpaired) electrons. The summed E-state index contributed by atoms with van der Waals surface area (Å²) in [5.41, 5.74) is 2.83. The highest BCUT2D eigenvalue weighted by Crippen LogP contribution is 2.32. The van der Waals surface area contributed by atoms with Gasteiger partial charge in [0, 0.05) is 67.1 Å². The Morgan fingerprint density at radius 1 is 0.938 bits per heavy atom. The number of rotatable bonds is 9. The summed E-state index contributed by atoms with van der Waals surface area (Å²) in [5, 5.41) is 6.98. The summed E-state index contributed by atoms with van der Waals surface area (Å²) >= 11 is 0. The molecule has 3 aliphatic heterocycles. The molecule has 2 atom stereocenters. The zero-order valence-electron chi connectivity index (χ0n) is 28.9. The summed E-state index contributed by atoms with van der Waals surface area (Å²) in [6.45, 7) is 10.2. The van der Waals surface area contributed by atoms with Gasteiger partial charge in [-0.3, -0.25) is 4.79 Å². The first-order valence-electron chi connectivity index (χ1n) is 18.3. The van der Waals surface area contributed by atoms with E-state index in [1.165, 1.54) is 67.6 Å². The van der Waals surface area contributed by atoms with Crippen LogP contribution in [0.4, 0.5) is 4.39 Å². The van der Waals surface area contributed by atoms with Crippen molar-refractivity contribution in [3.8, 4) is 0 Å². The number of hydrogen-bond donors (Lipinski definition) is 1. The molecule has 1 N–H and O–H groups in total. The number of fused-ring (bicyclic) bond motifs is 2. The molecule has 2 unspecified atom stereocenters. The second-order valence-corrected chi connectivity index (χ2v) is 14.6. The molecule has 4 heterocycles. The van der Waals surface area contributed by atoms with Crippen molar-refractivity contribution in [1.29, 1.82) is 0 Å². The van der Waals surface area contributed by atoms with Crippen LogP contribution in [0.2, 0.25) is 0 Å². The summed E-state index contributed by atoms with van der Waals surface area (Å²) in [7, 11) is 4.15. The Labute approximate surface area is 284 Å². The lowest BCUT2D eigenvalue weighted by Gasteiger charge is -2.42. The number of hydrogen-bond acceptors (Lipinski definition) is 5. The average molecular weight is 650 g/mol. The number of nitrogens with zero attached hydrogens (tertiary/aromatic N) is 4. The third kappa shape index (κ3) is 6.90. The van der Waals surface area contributed by atoms with Gasteiger partial charge in [-0.15, -0.1) is 0 Å². The summed E-state index contributed by atoms with van der Waals surface area (Å²) in [6.07, 6.45) is 15.6. The van der Waals surface area contributed by atoms with Gasteiger partial charge in [0.2, 0.25) is 0 Å².